The van der Waals surface area contributed by atoms with Gasteiger partial charge in [0.1, 0.15) is 0 Å². The summed E-state index contributed by atoms with van der Waals surface area (Å²) in [7, 11) is 0. The van der Waals surface area contributed by atoms with Crippen LogP contribution in [-0.2, 0) is 0 Å². The zero-order valence-corrected chi connectivity index (χ0v) is 16.0. The Labute approximate surface area is 153 Å². The van der Waals surface area contributed by atoms with Crippen molar-refractivity contribution in [3.8, 4) is 0 Å². The van der Waals surface area contributed by atoms with Gasteiger partial charge in [-0.3, -0.25) is 4.98 Å². The number of rotatable bonds is 1. The highest BCUT2D eigenvalue weighted by molar-refractivity contribution is 5.70. The van der Waals surface area contributed by atoms with Crippen molar-refractivity contribution in [2.75, 3.05) is 0 Å². The average molecular weight is 336 g/mol. The third-order valence-corrected chi connectivity index (χ3v) is 8.74. The van der Waals surface area contributed by atoms with Gasteiger partial charge in [-0.1, -0.05) is 32.4 Å². The fourth-order valence-electron chi connectivity index (χ4n) is 7.57. The van der Waals surface area contributed by atoms with Crippen LogP contribution < -0.4 is 0 Å². The molecule has 3 fully saturated rings. The van der Waals surface area contributed by atoms with Crippen molar-refractivity contribution in [3.05, 3.63) is 36.2 Å². The third kappa shape index (κ3) is 2.45. The summed E-state index contributed by atoms with van der Waals surface area (Å²) in [5, 5.41) is 0. The molecule has 0 saturated heterocycles. The Bertz CT molecular complexity index is 662. The van der Waals surface area contributed by atoms with Crippen molar-refractivity contribution >= 4 is 5.57 Å². The maximum atomic E-state index is 4.71. The van der Waals surface area contributed by atoms with E-state index < -0.39 is 0 Å². The molecule has 0 amide bonds. The number of nitrogens with zero attached hydrogens (tertiary/aromatic N) is 1. The van der Waals surface area contributed by atoms with Crippen LogP contribution >= 0.6 is 0 Å². The van der Waals surface area contributed by atoms with Crippen LogP contribution in [0.25, 0.3) is 5.57 Å². The zero-order chi connectivity index (χ0) is 17.0. The average Bonchev–Trinajstić information content (AvgIpc) is 2.99. The summed E-state index contributed by atoms with van der Waals surface area (Å²) < 4.78 is 0. The van der Waals surface area contributed by atoms with E-state index >= 15 is 0 Å². The molecule has 0 aromatic carbocycles. The summed E-state index contributed by atoms with van der Waals surface area (Å²) >= 11 is 0. The number of hydrogen-bond donors (Lipinski definition) is 0. The minimum atomic E-state index is 0.379. The molecule has 4 aliphatic carbocycles. The largest absolute Gasteiger partial charge is 0.257 e. The second-order valence-corrected chi connectivity index (χ2v) is 9.88. The lowest BCUT2D eigenvalue weighted by atomic mass is 9.49. The van der Waals surface area contributed by atoms with Crippen molar-refractivity contribution < 1.29 is 0 Å². The molecule has 1 heterocycles. The maximum absolute atomic E-state index is 4.71. The predicted octanol–water partition coefficient (Wildman–Crippen LogP) is 6.36. The molecule has 7 unspecified atom stereocenters. The molecule has 0 spiro atoms. The van der Waals surface area contributed by atoms with Crippen LogP contribution in [0.5, 0.6) is 0 Å². The minimum Gasteiger partial charge on any atom is -0.257 e. The number of aromatic nitrogens is 1. The van der Waals surface area contributed by atoms with Gasteiger partial charge >= 0.3 is 0 Å². The van der Waals surface area contributed by atoms with Gasteiger partial charge in [-0.15, -0.1) is 0 Å². The van der Waals surface area contributed by atoms with Gasteiger partial charge < -0.3 is 0 Å². The Morgan fingerprint density at radius 1 is 1.00 bits per heavy atom. The number of allylic oxidation sites excluding steroid dienone is 2. The van der Waals surface area contributed by atoms with E-state index in [1.54, 1.807) is 5.57 Å². The van der Waals surface area contributed by atoms with Gasteiger partial charge in [0, 0.05) is 6.20 Å². The van der Waals surface area contributed by atoms with E-state index in [0.717, 1.165) is 35.5 Å². The highest BCUT2D eigenvalue weighted by Gasteiger charge is 2.54. The number of fused-ring (bicyclic) bond motifs is 5. The van der Waals surface area contributed by atoms with E-state index in [1.807, 2.05) is 12.3 Å². The van der Waals surface area contributed by atoms with Gasteiger partial charge in [0.2, 0.25) is 0 Å². The molecule has 3 saturated carbocycles. The first kappa shape index (κ1) is 16.1. The van der Waals surface area contributed by atoms with Gasteiger partial charge in [-0.25, -0.2) is 0 Å². The zero-order valence-electron chi connectivity index (χ0n) is 16.0. The first-order valence-electron chi connectivity index (χ1n) is 10.8. The van der Waals surface area contributed by atoms with Crippen molar-refractivity contribution in [2.45, 2.75) is 65.2 Å². The van der Waals surface area contributed by atoms with Gasteiger partial charge in [0.25, 0.3) is 0 Å². The molecule has 1 aromatic heterocycles. The fourth-order valence-corrected chi connectivity index (χ4v) is 7.57. The van der Waals surface area contributed by atoms with Crippen molar-refractivity contribution in [1.82, 2.24) is 4.98 Å². The molecule has 134 valence electrons. The van der Waals surface area contributed by atoms with Crippen LogP contribution in [0.2, 0.25) is 0 Å². The van der Waals surface area contributed by atoms with E-state index in [4.69, 9.17) is 4.98 Å². The molecule has 5 rings (SSSR count). The second kappa shape index (κ2) is 5.96. The van der Waals surface area contributed by atoms with Crippen molar-refractivity contribution in [1.29, 1.82) is 0 Å². The van der Waals surface area contributed by atoms with Crippen molar-refractivity contribution in [3.63, 3.8) is 0 Å². The monoisotopic (exact) mass is 335 g/mol. The second-order valence-electron chi connectivity index (χ2n) is 9.88. The number of pyridine rings is 1. The Kier molecular flexibility index (Phi) is 3.84. The molecule has 0 aliphatic heterocycles. The highest BCUT2D eigenvalue weighted by atomic mass is 14.7. The maximum Gasteiger partial charge on any atom is 0.0664 e. The third-order valence-electron chi connectivity index (χ3n) is 8.74. The lowest BCUT2D eigenvalue weighted by Gasteiger charge is -2.56. The first-order valence-corrected chi connectivity index (χ1v) is 10.8. The van der Waals surface area contributed by atoms with E-state index in [-0.39, 0.29) is 0 Å². The molecule has 0 N–H and O–H groups in total. The van der Waals surface area contributed by atoms with Crippen LogP contribution in [0.3, 0.4) is 0 Å². The van der Waals surface area contributed by atoms with Gasteiger partial charge in [0.05, 0.1) is 5.69 Å². The standard InChI is InChI=1S/C24H33N/c1-16-6-8-18-17(15-16)7-9-20-19(18)12-13-24(2)21(20)10-11-22(24)23-5-3-4-14-25-23/h3-5,11,14,16-21H,6-10,12-13,15H2,1-2H3. The summed E-state index contributed by atoms with van der Waals surface area (Å²) in [5.41, 5.74) is 3.19. The van der Waals surface area contributed by atoms with Crippen LogP contribution in [0.4, 0.5) is 0 Å². The minimum absolute atomic E-state index is 0.379. The highest BCUT2D eigenvalue weighted by Crippen LogP contribution is 2.64. The normalized spacial score (nSPS) is 45.9. The molecule has 0 bridgehead atoms. The molecule has 0 radical (unpaired) electrons. The smallest absolute Gasteiger partial charge is 0.0664 e. The molecule has 1 heteroatoms. The Balaban J connectivity index is 1.41. The van der Waals surface area contributed by atoms with E-state index in [1.165, 1.54) is 57.1 Å². The van der Waals surface area contributed by atoms with Crippen LogP contribution in [-0.4, -0.2) is 4.98 Å². The van der Waals surface area contributed by atoms with Gasteiger partial charge in [0.15, 0.2) is 0 Å². The lowest BCUT2D eigenvalue weighted by molar-refractivity contribution is -0.0443. The summed E-state index contributed by atoms with van der Waals surface area (Å²) in [4.78, 5) is 4.71. The van der Waals surface area contributed by atoms with E-state index in [0.29, 0.717) is 5.41 Å². The summed E-state index contributed by atoms with van der Waals surface area (Å²) in [5.74, 6) is 5.98. The van der Waals surface area contributed by atoms with Gasteiger partial charge in [-0.05, 0) is 104 Å². The summed E-state index contributed by atoms with van der Waals surface area (Å²) in [6, 6.07) is 6.42. The predicted molar refractivity (Wildman–Crippen MR) is 104 cm³/mol. The van der Waals surface area contributed by atoms with E-state index in [2.05, 4.69) is 32.1 Å². The fraction of sp³-hybridized carbons (Fsp3) is 0.708. The Morgan fingerprint density at radius 3 is 2.72 bits per heavy atom. The van der Waals surface area contributed by atoms with E-state index in [9.17, 15) is 0 Å². The van der Waals surface area contributed by atoms with Crippen LogP contribution in [0.1, 0.15) is 70.9 Å². The first-order chi connectivity index (χ1) is 12.2. The van der Waals surface area contributed by atoms with Crippen LogP contribution in [0, 0.1) is 40.9 Å². The Hall–Kier alpha value is -1.11. The van der Waals surface area contributed by atoms with Crippen molar-refractivity contribution in [2.24, 2.45) is 40.9 Å². The summed E-state index contributed by atoms with van der Waals surface area (Å²) in [6.07, 6.45) is 16.2. The SMILES string of the molecule is CC1CCC2C(CCC3C2CCC2(C)C(c4ccccn4)=CCC32)C1. The topological polar surface area (TPSA) is 12.9 Å². The molecule has 25 heavy (non-hydrogen) atoms. The lowest BCUT2D eigenvalue weighted by Crippen LogP contribution is -2.47. The molecule has 7 atom stereocenters. The van der Waals surface area contributed by atoms with Crippen LogP contribution in [0.15, 0.2) is 30.5 Å². The van der Waals surface area contributed by atoms with Gasteiger partial charge in [-0.2, -0.15) is 0 Å². The molecular weight excluding hydrogens is 302 g/mol. The molecule has 1 aromatic rings. The molecule has 4 aliphatic rings. The quantitative estimate of drug-likeness (QED) is 0.581. The molecular formula is C24H33N. The molecule has 1 nitrogen and oxygen atoms in total. The number of hydrogen-bond acceptors (Lipinski definition) is 1. The Morgan fingerprint density at radius 2 is 1.88 bits per heavy atom. The summed E-state index contributed by atoms with van der Waals surface area (Å²) in [6.45, 7) is 5.05.